The molecule has 2 rings (SSSR count). The zero-order valence-corrected chi connectivity index (χ0v) is 14.1. The Hall–Kier alpha value is -2.20. The molecule has 3 nitrogen and oxygen atoms in total. The molecule has 0 aliphatic heterocycles. The quantitative estimate of drug-likeness (QED) is 0.428. The predicted molar refractivity (Wildman–Crippen MR) is 93.8 cm³/mol. The predicted octanol–water partition coefficient (Wildman–Crippen LogP) is 4.43. The van der Waals surface area contributed by atoms with Gasteiger partial charge in [0.05, 0.1) is 14.2 Å². The van der Waals surface area contributed by atoms with Crippen LogP contribution in [0.1, 0.15) is 12.0 Å². The minimum atomic E-state index is -0.896. The van der Waals surface area contributed by atoms with Crippen molar-refractivity contribution in [2.45, 2.75) is 16.1 Å². The van der Waals surface area contributed by atoms with Crippen molar-refractivity contribution in [1.82, 2.24) is 0 Å². The van der Waals surface area contributed by atoms with Crippen molar-refractivity contribution in [2.75, 3.05) is 14.2 Å². The van der Waals surface area contributed by atoms with E-state index in [1.165, 1.54) is 18.9 Å². The van der Waals surface area contributed by atoms with Crippen molar-refractivity contribution >= 4 is 17.7 Å². The van der Waals surface area contributed by atoms with Crippen molar-refractivity contribution < 1.29 is 14.3 Å². The molecule has 23 heavy (non-hydrogen) atoms. The lowest BCUT2D eigenvalue weighted by molar-refractivity contribution is -0.143. The number of hydrogen-bond donors (Lipinski definition) is 0. The van der Waals surface area contributed by atoms with Crippen LogP contribution in [0.15, 0.2) is 72.1 Å². The molecule has 2 aromatic carbocycles. The van der Waals surface area contributed by atoms with Crippen LogP contribution in [0.5, 0.6) is 5.75 Å². The van der Waals surface area contributed by atoms with Crippen LogP contribution in [0.2, 0.25) is 0 Å². The van der Waals surface area contributed by atoms with Gasteiger partial charge in [0, 0.05) is 4.90 Å². The molecule has 0 radical (unpaired) electrons. The molecule has 1 unspecified atom stereocenters. The van der Waals surface area contributed by atoms with Gasteiger partial charge in [-0.15, -0.1) is 18.3 Å². The SMILES string of the molecule is C=CCC(Sc1ccccc1)(C(=O)OC)c1cccc(OC)c1. The van der Waals surface area contributed by atoms with Gasteiger partial charge in [0.2, 0.25) is 0 Å². The number of carbonyl (C=O) groups excluding carboxylic acids is 1. The Kier molecular flexibility index (Phi) is 5.88. The van der Waals surface area contributed by atoms with E-state index < -0.39 is 4.75 Å². The first-order valence-electron chi connectivity index (χ1n) is 7.24. The third kappa shape index (κ3) is 3.77. The summed E-state index contributed by atoms with van der Waals surface area (Å²) in [5.74, 6) is 0.396. The van der Waals surface area contributed by atoms with Gasteiger partial charge < -0.3 is 9.47 Å². The first-order chi connectivity index (χ1) is 11.2. The molecular weight excluding hydrogens is 308 g/mol. The maximum absolute atomic E-state index is 12.7. The summed E-state index contributed by atoms with van der Waals surface area (Å²) >= 11 is 1.46. The monoisotopic (exact) mass is 328 g/mol. The number of ether oxygens (including phenoxy) is 2. The molecule has 0 N–H and O–H groups in total. The van der Waals surface area contributed by atoms with Gasteiger partial charge in [-0.2, -0.15) is 0 Å². The Morgan fingerprint density at radius 3 is 2.52 bits per heavy atom. The normalized spacial score (nSPS) is 13.0. The van der Waals surface area contributed by atoms with E-state index in [4.69, 9.17) is 9.47 Å². The third-order valence-corrected chi connectivity index (χ3v) is 4.94. The van der Waals surface area contributed by atoms with Crippen LogP contribution < -0.4 is 4.74 Å². The summed E-state index contributed by atoms with van der Waals surface area (Å²) in [6.07, 6.45) is 2.19. The van der Waals surface area contributed by atoms with E-state index in [0.29, 0.717) is 12.2 Å². The fraction of sp³-hybridized carbons (Fsp3) is 0.211. The lowest BCUT2D eigenvalue weighted by Gasteiger charge is -2.30. The highest BCUT2D eigenvalue weighted by Gasteiger charge is 2.42. The van der Waals surface area contributed by atoms with E-state index in [1.54, 1.807) is 13.2 Å². The average molecular weight is 328 g/mol. The summed E-state index contributed by atoms with van der Waals surface area (Å²) in [7, 11) is 3.02. The molecule has 4 heteroatoms. The smallest absolute Gasteiger partial charge is 0.327 e. The maximum Gasteiger partial charge on any atom is 0.327 e. The fourth-order valence-corrected chi connectivity index (χ4v) is 3.70. The summed E-state index contributed by atoms with van der Waals surface area (Å²) in [5, 5.41) is 0. The standard InChI is InChI=1S/C19H20O3S/c1-4-13-19(18(20)22-3,23-17-11-6-5-7-12-17)15-9-8-10-16(14-15)21-2/h4-12,14H,1,13H2,2-3H3. The van der Waals surface area contributed by atoms with Crippen molar-refractivity contribution in [3.8, 4) is 5.75 Å². The zero-order chi connectivity index (χ0) is 16.7. The molecular formula is C19H20O3S. The van der Waals surface area contributed by atoms with Crippen LogP contribution in [0, 0.1) is 0 Å². The van der Waals surface area contributed by atoms with Crippen LogP contribution in [0.4, 0.5) is 0 Å². The van der Waals surface area contributed by atoms with Gasteiger partial charge in [0.15, 0.2) is 0 Å². The van der Waals surface area contributed by atoms with Crippen molar-refractivity contribution in [2.24, 2.45) is 0 Å². The molecule has 0 saturated heterocycles. The second-order valence-corrected chi connectivity index (χ2v) is 6.33. The van der Waals surface area contributed by atoms with Crippen LogP contribution in [0.3, 0.4) is 0 Å². The first-order valence-corrected chi connectivity index (χ1v) is 8.06. The van der Waals surface area contributed by atoms with E-state index in [-0.39, 0.29) is 5.97 Å². The Balaban J connectivity index is 2.56. The number of benzene rings is 2. The van der Waals surface area contributed by atoms with Crippen molar-refractivity contribution in [3.63, 3.8) is 0 Å². The highest BCUT2D eigenvalue weighted by Crippen LogP contribution is 2.46. The van der Waals surface area contributed by atoms with E-state index in [9.17, 15) is 4.79 Å². The van der Waals surface area contributed by atoms with E-state index in [2.05, 4.69) is 6.58 Å². The number of rotatable bonds is 7. The van der Waals surface area contributed by atoms with Crippen LogP contribution in [0.25, 0.3) is 0 Å². The molecule has 120 valence electrons. The number of allylic oxidation sites excluding steroid dienone is 1. The Labute approximate surface area is 141 Å². The Morgan fingerprint density at radius 2 is 1.91 bits per heavy atom. The maximum atomic E-state index is 12.7. The molecule has 1 atom stereocenters. The van der Waals surface area contributed by atoms with Crippen molar-refractivity contribution in [1.29, 1.82) is 0 Å². The molecule has 2 aromatic rings. The molecule has 0 bridgehead atoms. The number of esters is 1. The summed E-state index contributed by atoms with van der Waals surface area (Å²) in [6.45, 7) is 3.82. The van der Waals surface area contributed by atoms with Gasteiger partial charge in [-0.05, 0) is 36.2 Å². The Bertz CT molecular complexity index is 669. The molecule has 0 amide bonds. The average Bonchev–Trinajstić information content (AvgIpc) is 2.61. The van der Waals surface area contributed by atoms with E-state index in [0.717, 1.165) is 10.5 Å². The van der Waals surface area contributed by atoms with Crippen molar-refractivity contribution in [3.05, 3.63) is 72.8 Å². The summed E-state index contributed by atoms with van der Waals surface area (Å²) in [4.78, 5) is 13.7. The lowest BCUT2D eigenvalue weighted by Crippen LogP contribution is -2.33. The largest absolute Gasteiger partial charge is 0.497 e. The fourth-order valence-electron chi connectivity index (χ4n) is 2.39. The highest BCUT2D eigenvalue weighted by atomic mass is 32.2. The first kappa shape index (κ1) is 17.2. The lowest BCUT2D eigenvalue weighted by atomic mass is 9.94. The number of hydrogen-bond acceptors (Lipinski definition) is 4. The molecule has 0 saturated carbocycles. The van der Waals surface area contributed by atoms with Crippen LogP contribution in [-0.4, -0.2) is 20.2 Å². The number of methoxy groups -OCH3 is 2. The van der Waals surface area contributed by atoms with Gasteiger partial charge in [-0.3, -0.25) is 4.79 Å². The van der Waals surface area contributed by atoms with Gasteiger partial charge in [0.1, 0.15) is 10.5 Å². The molecule has 0 aromatic heterocycles. The van der Waals surface area contributed by atoms with E-state index in [1.807, 2.05) is 54.6 Å². The minimum Gasteiger partial charge on any atom is -0.497 e. The van der Waals surface area contributed by atoms with Gasteiger partial charge in [0.25, 0.3) is 0 Å². The molecule has 0 heterocycles. The zero-order valence-electron chi connectivity index (χ0n) is 13.3. The number of carbonyl (C=O) groups is 1. The van der Waals surface area contributed by atoms with E-state index >= 15 is 0 Å². The summed E-state index contributed by atoms with van der Waals surface area (Å²) in [6, 6.07) is 17.3. The van der Waals surface area contributed by atoms with Gasteiger partial charge >= 0.3 is 5.97 Å². The molecule has 0 aliphatic carbocycles. The number of thioether (sulfide) groups is 1. The Morgan fingerprint density at radius 1 is 1.17 bits per heavy atom. The minimum absolute atomic E-state index is 0.306. The highest BCUT2D eigenvalue weighted by molar-refractivity contribution is 8.01. The summed E-state index contributed by atoms with van der Waals surface area (Å²) < 4.78 is 9.53. The van der Waals surface area contributed by atoms with Crippen LogP contribution in [-0.2, 0) is 14.3 Å². The van der Waals surface area contributed by atoms with Gasteiger partial charge in [-0.1, -0.05) is 36.4 Å². The van der Waals surface area contributed by atoms with Gasteiger partial charge in [-0.25, -0.2) is 0 Å². The molecule has 0 aliphatic rings. The second-order valence-electron chi connectivity index (χ2n) is 4.96. The molecule has 0 fully saturated rings. The summed E-state index contributed by atoms with van der Waals surface area (Å²) in [5.41, 5.74) is 0.831. The third-order valence-electron chi connectivity index (χ3n) is 3.52. The topological polar surface area (TPSA) is 35.5 Å². The van der Waals surface area contributed by atoms with Crippen LogP contribution >= 0.6 is 11.8 Å². The second kappa shape index (κ2) is 7.88. The molecule has 0 spiro atoms.